The molecular formula is C21H29N3O4S. The van der Waals surface area contributed by atoms with Gasteiger partial charge in [0, 0.05) is 18.8 Å². The van der Waals surface area contributed by atoms with Gasteiger partial charge in [-0.2, -0.15) is 0 Å². The summed E-state index contributed by atoms with van der Waals surface area (Å²) in [4.78, 5) is 31.2. The molecule has 29 heavy (non-hydrogen) atoms. The number of fused-ring (bicyclic) bond motifs is 1. The number of urea groups is 1. The fourth-order valence-electron chi connectivity index (χ4n) is 4.92. The zero-order valence-corrected chi connectivity index (χ0v) is 18.0. The molecule has 3 saturated heterocycles. The molecule has 8 heteroatoms. The van der Waals surface area contributed by atoms with Gasteiger partial charge < -0.3 is 9.80 Å². The number of aryl methyl sites for hydroxylation is 2. The van der Waals surface area contributed by atoms with E-state index in [0.717, 1.165) is 36.8 Å². The molecule has 0 saturated carbocycles. The van der Waals surface area contributed by atoms with Crippen LogP contribution >= 0.6 is 0 Å². The summed E-state index contributed by atoms with van der Waals surface area (Å²) in [6.45, 7) is 5.31. The Hall–Kier alpha value is -2.09. The average Bonchev–Trinajstić information content (AvgIpc) is 2.92. The van der Waals surface area contributed by atoms with E-state index in [-0.39, 0.29) is 30.0 Å². The fraction of sp³-hybridized carbons (Fsp3) is 0.619. The number of carbonyl (C=O) groups is 2. The molecule has 0 aromatic heterocycles. The van der Waals surface area contributed by atoms with Gasteiger partial charge in [-0.25, -0.2) is 13.2 Å². The zero-order valence-electron chi connectivity index (χ0n) is 17.1. The van der Waals surface area contributed by atoms with Gasteiger partial charge in [0.2, 0.25) is 5.91 Å². The van der Waals surface area contributed by atoms with Crippen LogP contribution in [0.2, 0.25) is 0 Å². The van der Waals surface area contributed by atoms with Gasteiger partial charge >= 0.3 is 6.03 Å². The van der Waals surface area contributed by atoms with Crippen LogP contribution in [-0.4, -0.2) is 73.4 Å². The first-order chi connectivity index (χ1) is 13.7. The van der Waals surface area contributed by atoms with E-state index in [1.807, 2.05) is 36.9 Å². The van der Waals surface area contributed by atoms with Gasteiger partial charge in [0.15, 0.2) is 9.84 Å². The molecule has 0 aliphatic carbocycles. The van der Waals surface area contributed by atoms with Gasteiger partial charge in [-0.1, -0.05) is 18.9 Å². The van der Waals surface area contributed by atoms with Gasteiger partial charge in [-0.3, -0.25) is 9.69 Å². The van der Waals surface area contributed by atoms with Gasteiger partial charge in [-0.15, -0.1) is 0 Å². The van der Waals surface area contributed by atoms with Crippen LogP contribution in [0.15, 0.2) is 18.2 Å². The fourth-order valence-corrected chi connectivity index (χ4v) is 6.87. The van der Waals surface area contributed by atoms with Crippen LogP contribution in [0.4, 0.5) is 10.5 Å². The van der Waals surface area contributed by atoms with Crippen molar-refractivity contribution in [3.8, 4) is 0 Å². The lowest BCUT2D eigenvalue weighted by Gasteiger charge is -2.26. The normalized spacial score (nSPS) is 26.6. The Balaban J connectivity index is 1.62. The number of anilines is 1. The molecule has 3 aliphatic rings. The molecule has 7 nitrogen and oxygen atoms in total. The molecule has 1 aromatic rings. The van der Waals surface area contributed by atoms with E-state index >= 15 is 0 Å². The van der Waals surface area contributed by atoms with Crippen LogP contribution in [-0.2, 0) is 14.6 Å². The van der Waals surface area contributed by atoms with E-state index < -0.39 is 21.9 Å². The number of nitrogens with zero attached hydrogens (tertiary/aromatic N) is 3. The Morgan fingerprint density at radius 1 is 0.966 bits per heavy atom. The Morgan fingerprint density at radius 3 is 2.17 bits per heavy atom. The summed E-state index contributed by atoms with van der Waals surface area (Å²) in [7, 11) is -3.25. The Labute approximate surface area is 172 Å². The van der Waals surface area contributed by atoms with Crippen molar-refractivity contribution in [3.63, 3.8) is 0 Å². The maximum absolute atomic E-state index is 13.3. The number of benzene rings is 1. The Bertz CT molecular complexity index is 902. The third-order valence-electron chi connectivity index (χ3n) is 6.23. The summed E-state index contributed by atoms with van der Waals surface area (Å²) < 4.78 is 24.8. The molecule has 0 radical (unpaired) electrons. The molecule has 3 aliphatic heterocycles. The monoisotopic (exact) mass is 419 g/mol. The van der Waals surface area contributed by atoms with Crippen molar-refractivity contribution in [3.05, 3.63) is 29.3 Å². The lowest BCUT2D eigenvalue weighted by atomic mass is 10.1. The SMILES string of the molecule is Cc1cc(C)cc(N2C(=O)N(CC(=O)N3CCCCCC3)C3CS(=O)(=O)CC32)c1. The van der Waals surface area contributed by atoms with Gasteiger partial charge in [0.25, 0.3) is 0 Å². The second-order valence-corrected chi connectivity index (χ2v) is 10.8. The number of hydrogen-bond acceptors (Lipinski definition) is 4. The second-order valence-electron chi connectivity index (χ2n) is 8.63. The first-order valence-electron chi connectivity index (χ1n) is 10.4. The number of hydrogen-bond donors (Lipinski definition) is 0. The predicted molar refractivity (Wildman–Crippen MR) is 112 cm³/mol. The maximum Gasteiger partial charge on any atom is 0.325 e. The van der Waals surface area contributed by atoms with E-state index in [1.54, 1.807) is 4.90 Å². The van der Waals surface area contributed by atoms with Gasteiger partial charge in [0.1, 0.15) is 6.54 Å². The smallest absolute Gasteiger partial charge is 0.325 e. The first kappa shape index (κ1) is 20.2. The highest BCUT2D eigenvalue weighted by Crippen LogP contribution is 2.35. The molecule has 2 atom stereocenters. The highest BCUT2D eigenvalue weighted by atomic mass is 32.2. The summed E-state index contributed by atoms with van der Waals surface area (Å²) >= 11 is 0. The second kappa shape index (κ2) is 7.63. The summed E-state index contributed by atoms with van der Waals surface area (Å²) in [5.74, 6) is -0.200. The van der Waals surface area contributed by atoms with Crippen molar-refractivity contribution < 1.29 is 18.0 Å². The average molecular weight is 420 g/mol. The van der Waals surface area contributed by atoms with Crippen LogP contribution in [0.5, 0.6) is 0 Å². The minimum Gasteiger partial charge on any atom is -0.341 e. The van der Waals surface area contributed by atoms with E-state index in [1.165, 1.54) is 4.90 Å². The molecule has 0 bridgehead atoms. The molecule has 2 unspecified atom stereocenters. The topological polar surface area (TPSA) is 78.0 Å². The number of amides is 3. The van der Waals surface area contributed by atoms with E-state index in [4.69, 9.17) is 0 Å². The van der Waals surface area contributed by atoms with Crippen molar-refractivity contribution in [2.45, 2.75) is 51.6 Å². The molecule has 3 amide bonds. The lowest BCUT2D eigenvalue weighted by Crippen LogP contribution is -2.46. The zero-order chi connectivity index (χ0) is 20.8. The van der Waals surface area contributed by atoms with Crippen LogP contribution < -0.4 is 4.90 Å². The van der Waals surface area contributed by atoms with E-state index in [0.29, 0.717) is 18.8 Å². The third-order valence-corrected chi connectivity index (χ3v) is 7.93. The van der Waals surface area contributed by atoms with Crippen LogP contribution in [0.1, 0.15) is 36.8 Å². The van der Waals surface area contributed by atoms with Crippen molar-refractivity contribution in [1.82, 2.24) is 9.80 Å². The van der Waals surface area contributed by atoms with Crippen molar-refractivity contribution >= 4 is 27.5 Å². The number of sulfone groups is 1. The molecule has 0 spiro atoms. The van der Waals surface area contributed by atoms with E-state index in [9.17, 15) is 18.0 Å². The molecule has 0 N–H and O–H groups in total. The first-order valence-corrected chi connectivity index (χ1v) is 12.2. The largest absolute Gasteiger partial charge is 0.341 e. The summed E-state index contributed by atoms with van der Waals surface area (Å²) in [5.41, 5.74) is 2.75. The summed E-state index contributed by atoms with van der Waals surface area (Å²) in [6.07, 6.45) is 4.20. The minimum atomic E-state index is -3.25. The number of carbonyl (C=O) groups excluding carboxylic acids is 2. The summed E-state index contributed by atoms with van der Waals surface area (Å²) in [6, 6.07) is 4.67. The van der Waals surface area contributed by atoms with Crippen LogP contribution in [0, 0.1) is 13.8 Å². The molecule has 4 rings (SSSR count). The standard InChI is InChI=1S/C21H29N3O4S/c1-15-9-16(2)11-17(10-15)24-19-14-29(27,28)13-18(19)23(21(24)26)12-20(25)22-7-5-3-4-6-8-22/h9-11,18-19H,3-8,12-14H2,1-2H3. The third kappa shape index (κ3) is 3.99. The van der Waals surface area contributed by atoms with Gasteiger partial charge in [-0.05, 0) is 49.9 Å². The van der Waals surface area contributed by atoms with Gasteiger partial charge in [0.05, 0.1) is 23.6 Å². The van der Waals surface area contributed by atoms with Crippen molar-refractivity contribution in [2.75, 3.05) is 36.0 Å². The Kier molecular flexibility index (Phi) is 5.31. The quantitative estimate of drug-likeness (QED) is 0.703. The van der Waals surface area contributed by atoms with Crippen LogP contribution in [0.3, 0.4) is 0 Å². The predicted octanol–water partition coefficient (Wildman–Crippen LogP) is 2.11. The molecule has 1 aromatic carbocycles. The Morgan fingerprint density at radius 2 is 1.55 bits per heavy atom. The van der Waals surface area contributed by atoms with Crippen LogP contribution in [0.25, 0.3) is 0 Å². The highest BCUT2D eigenvalue weighted by molar-refractivity contribution is 7.91. The molecule has 3 fully saturated rings. The van der Waals surface area contributed by atoms with Crippen molar-refractivity contribution in [1.29, 1.82) is 0 Å². The molecule has 158 valence electrons. The summed E-state index contributed by atoms with van der Waals surface area (Å²) in [5, 5.41) is 0. The molecule has 3 heterocycles. The van der Waals surface area contributed by atoms with E-state index in [2.05, 4.69) is 0 Å². The maximum atomic E-state index is 13.3. The lowest BCUT2D eigenvalue weighted by molar-refractivity contribution is -0.131. The van der Waals surface area contributed by atoms with Crippen molar-refractivity contribution in [2.24, 2.45) is 0 Å². The minimum absolute atomic E-state index is 0.0448. The highest BCUT2D eigenvalue weighted by Gasteiger charge is 2.54. The number of rotatable bonds is 3. The number of likely N-dealkylation sites (tertiary alicyclic amines) is 1. The molecular weight excluding hydrogens is 390 g/mol.